The molecule has 0 fully saturated rings. The molecule has 4 nitrogen and oxygen atoms in total. The Hall–Kier alpha value is -2.10. The second-order valence-electron chi connectivity index (χ2n) is 4.31. The first-order valence-electron chi connectivity index (χ1n) is 5.78. The number of aryl methyl sites for hydroxylation is 1. The molecule has 2 rings (SSSR count). The molecule has 0 atom stereocenters. The first-order valence-corrected chi connectivity index (χ1v) is 5.78. The fraction of sp³-hybridized carbons (Fsp3) is 0.286. The van der Waals surface area contributed by atoms with Crippen molar-refractivity contribution in [1.82, 2.24) is 9.97 Å². The van der Waals surface area contributed by atoms with Crippen molar-refractivity contribution in [2.75, 3.05) is 7.11 Å². The number of carbonyl (C=O) groups excluding carboxylic acids is 1. The summed E-state index contributed by atoms with van der Waals surface area (Å²) in [4.78, 5) is 18.4. The Morgan fingerprint density at radius 3 is 2.83 bits per heavy atom. The van der Waals surface area contributed by atoms with Gasteiger partial charge in [-0.1, -0.05) is 0 Å². The molecule has 0 saturated heterocycles. The lowest BCUT2D eigenvalue weighted by molar-refractivity contribution is -0.116. The van der Waals surface area contributed by atoms with Gasteiger partial charge in [-0.05, 0) is 37.6 Å². The molecule has 0 amide bonds. The Morgan fingerprint density at radius 1 is 1.44 bits per heavy atom. The number of aromatic amines is 1. The van der Waals surface area contributed by atoms with E-state index in [1.807, 2.05) is 25.1 Å². The lowest BCUT2D eigenvalue weighted by Gasteiger charge is -2.05. The van der Waals surface area contributed by atoms with Gasteiger partial charge < -0.3 is 9.72 Å². The molecule has 0 unspecified atom stereocenters. The summed E-state index contributed by atoms with van der Waals surface area (Å²) in [6.45, 7) is 3.55. The van der Waals surface area contributed by atoms with Crippen molar-refractivity contribution in [2.45, 2.75) is 20.3 Å². The first-order chi connectivity index (χ1) is 8.60. The number of ketones is 1. The highest BCUT2D eigenvalue weighted by atomic mass is 16.5. The van der Waals surface area contributed by atoms with Crippen LogP contribution in [-0.4, -0.2) is 22.9 Å². The standard InChI is InChI=1S/C14H16N2O2/c1-9-6-11(4-5-13(9)18-3)12-8-15-14(16-12)7-10(2)17/h4-6,8H,7H2,1-3H3,(H,15,16). The van der Waals surface area contributed by atoms with Crippen LogP contribution in [0.5, 0.6) is 5.75 Å². The minimum Gasteiger partial charge on any atom is -0.496 e. The quantitative estimate of drug-likeness (QED) is 0.899. The second-order valence-corrected chi connectivity index (χ2v) is 4.31. The summed E-state index contributed by atoms with van der Waals surface area (Å²) in [5.41, 5.74) is 3.02. The van der Waals surface area contributed by atoms with E-state index in [2.05, 4.69) is 9.97 Å². The van der Waals surface area contributed by atoms with Crippen LogP contribution in [0.15, 0.2) is 24.4 Å². The predicted octanol–water partition coefficient (Wildman–Crippen LogP) is 2.53. The molecule has 1 aromatic heterocycles. The number of hydrogen-bond donors (Lipinski definition) is 1. The molecule has 0 bridgehead atoms. The zero-order chi connectivity index (χ0) is 13.1. The van der Waals surface area contributed by atoms with Gasteiger partial charge in [-0.25, -0.2) is 4.98 Å². The summed E-state index contributed by atoms with van der Waals surface area (Å²) in [5, 5.41) is 0. The Kier molecular flexibility index (Phi) is 3.46. The molecule has 0 aliphatic heterocycles. The molecule has 0 aliphatic carbocycles. The van der Waals surface area contributed by atoms with Crippen molar-refractivity contribution in [3.8, 4) is 17.0 Å². The number of imidazole rings is 1. The molecular weight excluding hydrogens is 228 g/mol. The Morgan fingerprint density at radius 2 is 2.22 bits per heavy atom. The zero-order valence-corrected chi connectivity index (χ0v) is 10.8. The van der Waals surface area contributed by atoms with Gasteiger partial charge in [-0.3, -0.25) is 4.79 Å². The summed E-state index contributed by atoms with van der Waals surface area (Å²) in [5.74, 6) is 1.66. The lowest BCUT2D eigenvalue weighted by atomic mass is 10.1. The van der Waals surface area contributed by atoms with Crippen molar-refractivity contribution in [3.05, 3.63) is 35.8 Å². The van der Waals surface area contributed by atoms with Gasteiger partial charge in [0.15, 0.2) is 0 Å². The van der Waals surface area contributed by atoms with E-state index < -0.39 is 0 Å². The Balaban J connectivity index is 2.28. The normalized spacial score (nSPS) is 10.4. The third-order valence-corrected chi connectivity index (χ3v) is 2.75. The van der Waals surface area contributed by atoms with Gasteiger partial charge in [0, 0.05) is 5.56 Å². The number of aromatic nitrogens is 2. The third kappa shape index (κ3) is 2.59. The number of rotatable bonds is 4. The fourth-order valence-electron chi connectivity index (χ4n) is 1.88. The van der Waals surface area contributed by atoms with Crippen molar-refractivity contribution in [3.63, 3.8) is 0 Å². The van der Waals surface area contributed by atoms with E-state index in [9.17, 15) is 4.79 Å². The van der Waals surface area contributed by atoms with Gasteiger partial charge in [0.1, 0.15) is 17.4 Å². The van der Waals surface area contributed by atoms with E-state index in [4.69, 9.17) is 4.74 Å². The van der Waals surface area contributed by atoms with Crippen LogP contribution >= 0.6 is 0 Å². The van der Waals surface area contributed by atoms with E-state index in [1.165, 1.54) is 0 Å². The van der Waals surface area contributed by atoms with Crippen LogP contribution in [-0.2, 0) is 11.2 Å². The molecule has 2 aromatic rings. The SMILES string of the molecule is COc1ccc(-c2cnc(CC(C)=O)[nH]2)cc1C. The van der Waals surface area contributed by atoms with Crippen LogP contribution in [0.3, 0.4) is 0 Å². The van der Waals surface area contributed by atoms with Crippen molar-refractivity contribution in [2.24, 2.45) is 0 Å². The number of hydrogen-bond acceptors (Lipinski definition) is 3. The van der Waals surface area contributed by atoms with Gasteiger partial charge in [0.25, 0.3) is 0 Å². The summed E-state index contributed by atoms with van der Waals surface area (Å²) >= 11 is 0. The molecule has 18 heavy (non-hydrogen) atoms. The van der Waals surface area contributed by atoms with Crippen LogP contribution < -0.4 is 4.74 Å². The molecule has 0 saturated carbocycles. The van der Waals surface area contributed by atoms with Crippen LogP contribution in [0.1, 0.15) is 18.3 Å². The smallest absolute Gasteiger partial charge is 0.137 e. The minimum absolute atomic E-state index is 0.0989. The fourth-order valence-corrected chi connectivity index (χ4v) is 1.88. The number of Topliss-reactive ketones (excluding diaryl/α,β-unsaturated/α-hetero) is 1. The van der Waals surface area contributed by atoms with E-state index >= 15 is 0 Å². The van der Waals surface area contributed by atoms with Crippen LogP contribution in [0.4, 0.5) is 0 Å². The van der Waals surface area contributed by atoms with Gasteiger partial charge in [-0.2, -0.15) is 0 Å². The van der Waals surface area contributed by atoms with Crippen LogP contribution in [0, 0.1) is 6.92 Å². The number of H-pyrrole nitrogens is 1. The molecule has 1 heterocycles. The van der Waals surface area contributed by atoms with Gasteiger partial charge in [0.2, 0.25) is 0 Å². The molecule has 94 valence electrons. The van der Waals surface area contributed by atoms with Crippen molar-refractivity contribution in [1.29, 1.82) is 0 Å². The average Bonchev–Trinajstić information content (AvgIpc) is 2.76. The van der Waals surface area contributed by atoms with Crippen LogP contribution in [0.2, 0.25) is 0 Å². The van der Waals surface area contributed by atoms with E-state index in [0.717, 1.165) is 22.6 Å². The van der Waals surface area contributed by atoms with Crippen molar-refractivity contribution < 1.29 is 9.53 Å². The number of carbonyl (C=O) groups is 1. The molecule has 0 radical (unpaired) electrons. The largest absolute Gasteiger partial charge is 0.496 e. The van der Waals surface area contributed by atoms with E-state index in [0.29, 0.717) is 12.2 Å². The first kappa shape index (κ1) is 12.4. The summed E-state index contributed by atoms with van der Waals surface area (Å²) < 4.78 is 5.22. The maximum absolute atomic E-state index is 11.0. The Bertz CT molecular complexity index is 573. The van der Waals surface area contributed by atoms with Gasteiger partial charge >= 0.3 is 0 Å². The topological polar surface area (TPSA) is 55.0 Å². The molecule has 0 aliphatic rings. The Labute approximate surface area is 106 Å². The maximum Gasteiger partial charge on any atom is 0.137 e. The summed E-state index contributed by atoms with van der Waals surface area (Å²) in [7, 11) is 1.66. The molecule has 1 N–H and O–H groups in total. The van der Waals surface area contributed by atoms with E-state index in [1.54, 1.807) is 20.2 Å². The monoisotopic (exact) mass is 244 g/mol. The van der Waals surface area contributed by atoms with E-state index in [-0.39, 0.29) is 5.78 Å². The van der Waals surface area contributed by atoms with Crippen LogP contribution in [0.25, 0.3) is 11.3 Å². The molecule has 4 heteroatoms. The lowest BCUT2D eigenvalue weighted by Crippen LogP contribution is -1.97. The van der Waals surface area contributed by atoms with Gasteiger partial charge in [-0.15, -0.1) is 0 Å². The average molecular weight is 244 g/mol. The molecule has 0 spiro atoms. The third-order valence-electron chi connectivity index (χ3n) is 2.75. The highest BCUT2D eigenvalue weighted by Crippen LogP contribution is 2.24. The number of methoxy groups -OCH3 is 1. The second kappa shape index (κ2) is 5.04. The highest BCUT2D eigenvalue weighted by molar-refractivity contribution is 5.77. The maximum atomic E-state index is 11.0. The number of nitrogens with zero attached hydrogens (tertiary/aromatic N) is 1. The summed E-state index contributed by atoms with van der Waals surface area (Å²) in [6, 6.07) is 5.93. The number of benzene rings is 1. The molecular formula is C14H16N2O2. The predicted molar refractivity (Wildman–Crippen MR) is 69.7 cm³/mol. The van der Waals surface area contributed by atoms with Crippen molar-refractivity contribution >= 4 is 5.78 Å². The highest BCUT2D eigenvalue weighted by Gasteiger charge is 2.07. The number of nitrogens with one attached hydrogen (secondary N) is 1. The minimum atomic E-state index is 0.0989. The number of ether oxygens (including phenoxy) is 1. The van der Waals surface area contributed by atoms with Gasteiger partial charge in [0.05, 0.1) is 25.4 Å². The zero-order valence-electron chi connectivity index (χ0n) is 10.8. The molecule has 1 aromatic carbocycles. The summed E-state index contributed by atoms with van der Waals surface area (Å²) in [6.07, 6.45) is 2.09.